The number of thioether (sulfide) groups is 1. The fraction of sp³-hybridized carbons (Fsp3) is 0.350. The lowest BCUT2D eigenvalue weighted by molar-refractivity contribution is 0.306. The highest BCUT2D eigenvalue weighted by Gasteiger charge is 2.02. The second-order valence-electron chi connectivity index (χ2n) is 5.59. The van der Waals surface area contributed by atoms with E-state index in [-0.39, 0.29) is 0 Å². The summed E-state index contributed by atoms with van der Waals surface area (Å²) in [5.74, 6) is 1.84. The third-order valence-electron chi connectivity index (χ3n) is 3.57. The molecule has 0 atom stereocenters. The van der Waals surface area contributed by atoms with Crippen molar-refractivity contribution < 1.29 is 4.74 Å². The minimum atomic E-state index is 0.464. The van der Waals surface area contributed by atoms with Crippen molar-refractivity contribution in [2.45, 2.75) is 26.9 Å². The van der Waals surface area contributed by atoms with Gasteiger partial charge in [0, 0.05) is 18.8 Å². The van der Waals surface area contributed by atoms with Crippen LogP contribution in [0, 0.1) is 0 Å². The van der Waals surface area contributed by atoms with Gasteiger partial charge in [-0.25, -0.2) is 0 Å². The number of ether oxygens (including phenoxy) is 1. The molecule has 0 spiro atoms. The molecule has 0 aromatic heterocycles. The van der Waals surface area contributed by atoms with E-state index in [1.807, 2.05) is 24.3 Å². The van der Waals surface area contributed by atoms with Crippen molar-refractivity contribution in [2.75, 3.05) is 18.8 Å². The first kappa shape index (κ1) is 20.9. The summed E-state index contributed by atoms with van der Waals surface area (Å²) in [6.07, 6.45) is 0.992. The van der Waals surface area contributed by atoms with E-state index in [2.05, 4.69) is 36.3 Å². The van der Waals surface area contributed by atoms with E-state index < -0.39 is 0 Å². The van der Waals surface area contributed by atoms with Crippen molar-refractivity contribution in [3.63, 3.8) is 0 Å². The minimum Gasteiger partial charge on any atom is -0.489 e. The van der Waals surface area contributed by atoms with Gasteiger partial charge in [0.05, 0.1) is 10.0 Å². The monoisotopic (exact) mass is 410 g/mol. The molecule has 1 N–H and O–H groups in total. The summed E-state index contributed by atoms with van der Waals surface area (Å²) in [7, 11) is 0. The highest BCUT2D eigenvalue weighted by molar-refractivity contribution is 8.13. The lowest BCUT2D eigenvalue weighted by Gasteiger charge is -2.09. The molecular formula is C20H24Cl2N2OS. The van der Waals surface area contributed by atoms with E-state index in [4.69, 9.17) is 27.9 Å². The summed E-state index contributed by atoms with van der Waals surface area (Å²) in [6, 6.07) is 13.7. The van der Waals surface area contributed by atoms with Crippen molar-refractivity contribution in [1.29, 1.82) is 0 Å². The number of aliphatic imine (C=N–C) groups is 1. The summed E-state index contributed by atoms with van der Waals surface area (Å²) >= 11 is 13.7. The van der Waals surface area contributed by atoms with Crippen LogP contribution >= 0.6 is 35.0 Å². The fourth-order valence-corrected chi connectivity index (χ4v) is 3.58. The Morgan fingerprint density at radius 2 is 1.77 bits per heavy atom. The van der Waals surface area contributed by atoms with Gasteiger partial charge in [-0.05, 0) is 55.7 Å². The third-order valence-corrected chi connectivity index (χ3v) is 5.27. The Bertz CT molecular complexity index is 720. The van der Waals surface area contributed by atoms with E-state index >= 15 is 0 Å². The van der Waals surface area contributed by atoms with Gasteiger partial charge in [0.15, 0.2) is 5.17 Å². The SMILES string of the molecule is CCN=C(NCC)SCCc1ccc(OCc2ccc(Cl)c(Cl)c2)cc1. The molecule has 0 aliphatic rings. The maximum atomic E-state index is 6.02. The van der Waals surface area contributed by atoms with Crippen LogP contribution < -0.4 is 10.1 Å². The zero-order chi connectivity index (χ0) is 18.8. The summed E-state index contributed by atoms with van der Waals surface area (Å²) < 4.78 is 5.81. The van der Waals surface area contributed by atoms with Crippen LogP contribution in [0.3, 0.4) is 0 Å². The van der Waals surface area contributed by atoms with Crippen molar-refractivity contribution >= 4 is 40.1 Å². The van der Waals surface area contributed by atoms with Gasteiger partial charge >= 0.3 is 0 Å². The van der Waals surface area contributed by atoms with Gasteiger partial charge in [-0.3, -0.25) is 4.99 Å². The first-order valence-electron chi connectivity index (χ1n) is 8.69. The second kappa shape index (κ2) is 11.4. The van der Waals surface area contributed by atoms with Crippen LogP contribution in [0.4, 0.5) is 0 Å². The molecule has 6 heteroatoms. The molecule has 0 saturated heterocycles. The largest absolute Gasteiger partial charge is 0.489 e. The van der Waals surface area contributed by atoms with Crippen molar-refractivity contribution in [2.24, 2.45) is 4.99 Å². The summed E-state index contributed by atoms with van der Waals surface area (Å²) in [5.41, 5.74) is 2.28. The standard InChI is InChI=1S/C20H24Cl2N2OS/c1-3-23-20(24-4-2)26-12-11-15-5-8-17(9-6-15)25-14-16-7-10-18(21)19(22)13-16/h5-10,13H,3-4,11-12,14H2,1-2H3,(H,23,24). The Labute approximate surface area is 170 Å². The van der Waals surface area contributed by atoms with Gasteiger partial charge in [0.1, 0.15) is 12.4 Å². The highest BCUT2D eigenvalue weighted by atomic mass is 35.5. The molecule has 0 aliphatic heterocycles. The topological polar surface area (TPSA) is 33.6 Å². The molecule has 0 fully saturated rings. The molecule has 2 rings (SSSR count). The number of aryl methyl sites for hydroxylation is 1. The molecule has 0 radical (unpaired) electrons. The Kier molecular flexibility index (Phi) is 9.16. The van der Waals surface area contributed by atoms with Crippen LogP contribution in [-0.4, -0.2) is 24.0 Å². The summed E-state index contributed by atoms with van der Waals surface area (Å²) in [4.78, 5) is 4.45. The summed E-state index contributed by atoms with van der Waals surface area (Å²) in [5, 5.41) is 5.42. The van der Waals surface area contributed by atoms with Crippen LogP contribution in [0.25, 0.3) is 0 Å². The van der Waals surface area contributed by atoms with E-state index in [0.717, 1.165) is 41.7 Å². The van der Waals surface area contributed by atoms with Crippen LogP contribution in [0.1, 0.15) is 25.0 Å². The number of nitrogens with one attached hydrogen (secondary N) is 1. The van der Waals surface area contributed by atoms with E-state index in [0.29, 0.717) is 16.7 Å². The van der Waals surface area contributed by atoms with Crippen molar-refractivity contribution in [3.05, 3.63) is 63.6 Å². The van der Waals surface area contributed by atoms with Crippen LogP contribution in [0.2, 0.25) is 10.0 Å². The van der Waals surface area contributed by atoms with E-state index in [1.54, 1.807) is 17.8 Å². The molecule has 0 heterocycles. The first-order valence-corrected chi connectivity index (χ1v) is 10.4. The highest BCUT2D eigenvalue weighted by Crippen LogP contribution is 2.23. The zero-order valence-corrected chi connectivity index (χ0v) is 17.4. The van der Waals surface area contributed by atoms with Crippen LogP contribution in [-0.2, 0) is 13.0 Å². The zero-order valence-electron chi connectivity index (χ0n) is 15.1. The molecule has 2 aromatic rings. The molecule has 3 nitrogen and oxygen atoms in total. The Balaban J connectivity index is 1.80. The van der Waals surface area contributed by atoms with E-state index in [9.17, 15) is 0 Å². The molecule has 0 unspecified atom stereocenters. The lowest BCUT2D eigenvalue weighted by atomic mass is 10.2. The number of rotatable bonds is 8. The number of hydrogen-bond acceptors (Lipinski definition) is 3. The van der Waals surface area contributed by atoms with Gasteiger partial charge in [-0.15, -0.1) is 0 Å². The molecule has 140 valence electrons. The number of amidine groups is 1. The smallest absolute Gasteiger partial charge is 0.156 e. The third kappa shape index (κ3) is 7.10. The van der Waals surface area contributed by atoms with Gasteiger partial charge in [-0.1, -0.05) is 53.2 Å². The Hall–Kier alpha value is -1.36. The predicted molar refractivity (Wildman–Crippen MR) is 115 cm³/mol. The van der Waals surface area contributed by atoms with Crippen molar-refractivity contribution in [1.82, 2.24) is 5.32 Å². The van der Waals surface area contributed by atoms with Gasteiger partial charge in [0.25, 0.3) is 0 Å². The molecule has 0 bridgehead atoms. The Morgan fingerprint density at radius 3 is 2.42 bits per heavy atom. The first-order chi connectivity index (χ1) is 12.6. The van der Waals surface area contributed by atoms with Gasteiger partial charge < -0.3 is 10.1 Å². The predicted octanol–water partition coefficient (Wildman–Crippen LogP) is 5.83. The van der Waals surface area contributed by atoms with Gasteiger partial charge in [-0.2, -0.15) is 0 Å². The Morgan fingerprint density at radius 1 is 1.04 bits per heavy atom. The second-order valence-corrected chi connectivity index (χ2v) is 7.49. The molecular weight excluding hydrogens is 387 g/mol. The number of halogens is 2. The molecule has 26 heavy (non-hydrogen) atoms. The van der Waals surface area contributed by atoms with Crippen LogP contribution in [0.15, 0.2) is 47.5 Å². The maximum Gasteiger partial charge on any atom is 0.156 e. The number of hydrogen-bond donors (Lipinski definition) is 1. The van der Waals surface area contributed by atoms with Crippen molar-refractivity contribution in [3.8, 4) is 5.75 Å². The maximum absolute atomic E-state index is 6.02. The average Bonchev–Trinajstić information content (AvgIpc) is 2.64. The minimum absolute atomic E-state index is 0.464. The van der Waals surface area contributed by atoms with Crippen LogP contribution in [0.5, 0.6) is 5.75 Å². The number of benzene rings is 2. The molecule has 2 aromatic carbocycles. The quantitative estimate of drug-likeness (QED) is 0.438. The lowest BCUT2D eigenvalue weighted by Crippen LogP contribution is -2.20. The fourth-order valence-electron chi connectivity index (χ4n) is 2.26. The summed E-state index contributed by atoms with van der Waals surface area (Å²) in [6.45, 7) is 6.31. The van der Waals surface area contributed by atoms with Gasteiger partial charge in [0.2, 0.25) is 0 Å². The number of nitrogens with zero attached hydrogens (tertiary/aromatic N) is 1. The molecule has 0 saturated carbocycles. The average molecular weight is 411 g/mol. The van der Waals surface area contributed by atoms with E-state index in [1.165, 1.54) is 5.56 Å². The normalized spacial score (nSPS) is 11.5. The molecule has 0 aliphatic carbocycles. The molecule has 0 amide bonds.